The Balaban J connectivity index is 3.00. The Labute approximate surface area is 86.9 Å². The summed E-state index contributed by atoms with van der Waals surface area (Å²) >= 11 is 5.60. The van der Waals surface area contributed by atoms with Crippen LogP contribution in [0.25, 0.3) is 0 Å². The van der Waals surface area contributed by atoms with Crippen LogP contribution < -0.4 is 4.74 Å². The molecule has 74 valence electrons. The van der Waals surface area contributed by atoms with E-state index in [4.69, 9.17) is 21.6 Å². The predicted octanol–water partition coefficient (Wildman–Crippen LogP) is 2.86. The topological polar surface area (TPSA) is 33.0 Å². The van der Waals surface area contributed by atoms with E-state index in [2.05, 4.69) is 0 Å². The molecular weight excluding hydrogens is 205 g/mol. The molecule has 0 saturated carbocycles. The molecule has 0 N–H and O–H groups in total. The fourth-order valence-electron chi connectivity index (χ4n) is 0.994. The quantitative estimate of drug-likeness (QED) is 0.724. The first-order valence-electron chi connectivity index (χ1n) is 4.08. The van der Waals surface area contributed by atoms with Gasteiger partial charge in [-0.25, -0.2) is 4.39 Å². The lowest BCUT2D eigenvalue weighted by Gasteiger charge is -2.11. The molecular formula is C10H9ClFNO. The number of halogens is 2. The van der Waals surface area contributed by atoms with Crippen molar-refractivity contribution in [2.75, 3.05) is 0 Å². The van der Waals surface area contributed by atoms with E-state index in [1.165, 1.54) is 6.07 Å². The van der Waals surface area contributed by atoms with E-state index in [9.17, 15) is 4.39 Å². The molecule has 1 atom stereocenters. The minimum absolute atomic E-state index is 0.0663. The van der Waals surface area contributed by atoms with Gasteiger partial charge in [0.15, 0.2) is 17.7 Å². The van der Waals surface area contributed by atoms with Crippen LogP contribution in [0.3, 0.4) is 0 Å². The molecule has 1 aromatic carbocycles. The van der Waals surface area contributed by atoms with Gasteiger partial charge in [-0.2, -0.15) is 5.26 Å². The zero-order valence-corrected chi connectivity index (χ0v) is 8.38. The van der Waals surface area contributed by atoms with Crippen LogP contribution in [-0.2, 0) is 5.88 Å². The molecule has 0 aromatic heterocycles. The van der Waals surface area contributed by atoms with Crippen LogP contribution >= 0.6 is 11.6 Å². The van der Waals surface area contributed by atoms with E-state index < -0.39 is 11.9 Å². The summed E-state index contributed by atoms with van der Waals surface area (Å²) in [6.45, 7) is 1.55. The summed E-state index contributed by atoms with van der Waals surface area (Å²) in [5.74, 6) is -0.271. The van der Waals surface area contributed by atoms with Crippen molar-refractivity contribution in [3.8, 4) is 11.8 Å². The molecule has 1 rings (SSSR count). The highest BCUT2D eigenvalue weighted by Gasteiger charge is 2.11. The van der Waals surface area contributed by atoms with Gasteiger partial charge in [0.25, 0.3) is 0 Å². The molecule has 14 heavy (non-hydrogen) atoms. The van der Waals surface area contributed by atoms with Crippen LogP contribution in [0.4, 0.5) is 4.39 Å². The lowest BCUT2D eigenvalue weighted by molar-refractivity contribution is 0.261. The molecule has 0 saturated heterocycles. The third-order valence-electron chi connectivity index (χ3n) is 1.67. The van der Waals surface area contributed by atoms with Gasteiger partial charge in [-0.3, -0.25) is 0 Å². The summed E-state index contributed by atoms with van der Waals surface area (Å²) in [6.07, 6.45) is -0.686. The highest BCUT2D eigenvalue weighted by molar-refractivity contribution is 6.17. The molecule has 0 spiro atoms. The Bertz CT molecular complexity index is 362. The first-order chi connectivity index (χ1) is 6.69. The van der Waals surface area contributed by atoms with Gasteiger partial charge < -0.3 is 4.74 Å². The van der Waals surface area contributed by atoms with Crippen LogP contribution in [0.5, 0.6) is 5.75 Å². The lowest BCUT2D eigenvalue weighted by atomic mass is 10.2. The third-order valence-corrected chi connectivity index (χ3v) is 1.96. The molecule has 0 radical (unpaired) electrons. The Hall–Kier alpha value is -1.27. The summed E-state index contributed by atoms with van der Waals surface area (Å²) in [6, 6.07) is 6.35. The van der Waals surface area contributed by atoms with Crippen molar-refractivity contribution < 1.29 is 9.13 Å². The highest BCUT2D eigenvalue weighted by atomic mass is 35.5. The standard InChI is InChI=1S/C10H9ClFNO/c1-7(6-13)14-10-8(5-11)3-2-4-9(10)12/h2-4,7H,5H2,1H3. The van der Waals surface area contributed by atoms with Gasteiger partial charge >= 0.3 is 0 Å². The second kappa shape index (κ2) is 4.83. The van der Waals surface area contributed by atoms with Gasteiger partial charge in [-0.15, -0.1) is 11.6 Å². The second-order valence-corrected chi connectivity index (χ2v) is 3.02. The lowest BCUT2D eigenvalue weighted by Crippen LogP contribution is -2.10. The number of nitrogens with zero attached hydrogens (tertiary/aromatic N) is 1. The number of para-hydroxylation sites is 1. The van der Waals surface area contributed by atoms with Crippen molar-refractivity contribution in [1.82, 2.24) is 0 Å². The zero-order chi connectivity index (χ0) is 10.6. The molecule has 1 unspecified atom stereocenters. The first-order valence-corrected chi connectivity index (χ1v) is 4.62. The SMILES string of the molecule is CC(C#N)Oc1c(F)cccc1CCl. The molecule has 0 aliphatic heterocycles. The maximum Gasteiger partial charge on any atom is 0.181 e. The minimum atomic E-state index is -0.686. The summed E-state index contributed by atoms with van der Waals surface area (Å²) in [4.78, 5) is 0. The molecule has 2 nitrogen and oxygen atoms in total. The average molecular weight is 214 g/mol. The van der Waals surface area contributed by atoms with Gasteiger partial charge in [0, 0.05) is 5.56 Å². The monoisotopic (exact) mass is 213 g/mol. The van der Waals surface area contributed by atoms with Crippen molar-refractivity contribution in [2.24, 2.45) is 0 Å². The third kappa shape index (κ3) is 2.36. The van der Waals surface area contributed by atoms with E-state index in [0.29, 0.717) is 5.56 Å². The Morgan fingerprint density at radius 2 is 2.36 bits per heavy atom. The molecule has 0 heterocycles. The van der Waals surface area contributed by atoms with E-state index in [-0.39, 0.29) is 11.6 Å². The second-order valence-electron chi connectivity index (χ2n) is 2.75. The van der Waals surface area contributed by atoms with Crippen molar-refractivity contribution in [1.29, 1.82) is 5.26 Å². The molecule has 0 amide bonds. The van der Waals surface area contributed by atoms with Crippen LogP contribution in [-0.4, -0.2) is 6.10 Å². The number of alkyl halides is 1. The van der Waals surface area contributed by atoms with Crippen molar-refractivity contribution in [3.63, 3.8) is 0 Å². The van der Waals surface area contributed by atoms with Gasteiger partial charge in [-0.1, -0.05) is 12.1 Å². The van der Waals surface area contributed by atoms with E-state index in [0.717, 1.165) is 0 Å². The smallest absolute Gasteiger partial charge is 0.181 e. The number of hydrogen-bond donors (Lipinski definition) is 0. The molecule has 4 heteroatoms. The molecule has 0 aliphatic rings. The highest BCUT2D eigenvalue weighted by Crippen LogP contribution is 2.25. The van der Waals surface area contributed by atoms with Gasteiger partial charge in [-0.05, 0) is 13.0 Å². The molecule has 0 aliphatic carbocycles. The van der Waals surface area contributed by atoms with Crippen LogP contribution in [0, 0.1) is 17.1 Å². The Morgan fingerprint density at radius 3 is 2.93 bits per heavy atom. The van der Waals surface area contributed by atoms with E-state index in [1.807, 2.05) is 6.07 Å². The van der Waals surface area contributed by atoms with Crippen molar-refractivity contribution >= 4 is 11.6 Å². The van der Waals surface area contributed by atoms with Gasteiger partial charge in [0.1, 0.15) is 6.07 Å². The number of nitriles is 1. The number of ether oxygens (including phenoxy) is 1. The largest absolute Gasteiger partial charge is 0.472 e. The Kier molecular flexibility index (Phi) is 3.73. The maximum absolute atomic E-state index is 13.2. The minimum Gasteiger partial charge on any atom is -0.472 e. The number of benzene rings is 1. The Morgan fingerprint density at radius 1 is 1.64 bits per heavy atom. The molecule has 0 fully saturated rings. The van der Waals surface area contributed by atoms with Gasteiger partial charge in [0.2, 0.25) is 0 Å². The number of rotatable bonds is 3. The molecule has 0 bridgehead atoms. The van der Waals surface area contributed by atoms with E-state index >= 15 is 0 Å². The average Bonchev–Trinajstić information content (AvgIpc) is 2.20. The summed E-state index contributed by atoms with van der Waals surface area (Å²) in [5, 5.41) is 8.52. The summed E-state index contributed by atoms with van der Waals surface area (Å²) < 4.78 is 18.3. The zero-order valence-electron chi connectivity index (χ0n) is 7.63. The fourth-order valence-corrected chi connectivity index (χ4v) is 1.20. The first kappa shape index (κ1) is 10.8. The van der Waals surface area contributed by atoms with E-state index in [1.54, 1.807) is 19.1 Å². The maximum atomic E-state index is 13.2. The fraction of sp³-hybridized carbons (Fsp3) is 0.300. The van der Waals surface area contributed by atoms with Crippen LogP contribution in [0.1, 0.15) is 12.5 Å². The number of hydrogen-bond acceptors (Lipinski definition) is 2. The normalized spacial score (nSPS) is 11.9. The van der Waals surface area contributed by atoms with Gasteiger partial charge in [0.05, 0.1) is 5.88 Å². The van der Waals surface area contributed by atoms with Crippen LogP contribution in [0.2, 0.25) is 0 Å². The van der Waals surface area contributed by atoms with Crippen molar-refractivity contribution in [3.05, 3.63) is 29.6 Å². The predicted molar refractivity (Wildman–Crippen MR) is 51.7 cm³/mol. The summed E-state index contributed by atoms with van der Waals surface area (Å²) in [7, 11) is 0. The van der Waals surface area contributed by atoms with Crippen molar-refractivity contribution in [2.45, 2.75) is 18.9 Å². The summed E-state index contributed by atoms with van der Waals surface area (Å²) in [5.41, 5.74) is 0.550. The molecule has 1 aromatic rings. The van der Waals surface area contributed by atoms with Crippen LogP contribution in [0.15, 0.2) is 18.2 Å².